The average molecular weight is 435 g/mol. The van der Waals surface area contributed by atoms with Crippen molar-refractivity contribution in [2.24, 2.45) is 23.7 Å². The predicted molar refractivity (Wildman–Crippen MR) is 121 cm³/mol. The van der Waals surface area contributed by atoms with Crippen LogP contribution in [0.1, 0.15) is 72.1 Å². The molecule has 5 heteroatoms. The Balaban J connectivity index is 1.52. The van der Waals surface area contributed by atoms with E-state index in [-0.39, 0.29) is 29.0 Å². The van der Waals surface area contributed by atoms with Gasteiger partial charge in [-0.25, -0.2) is 0 Å². The number of hydrogen-bond acceptors (Lipinski definition) is 4. The third kappa shape index (κ3) is 4.28. The lowest BCUT2D eigenvalue weighted by Crippen LogP contribution is -2.60. The number of aliphatic hydroxyl groups is 1. The zero-order chi connectivity index (χ0) is 21.6. The molecule has 4 fully saturated rings. The minimum Gasteiger partial charge on any atom is -0.403 e. The molecule has 1 N–H and O–H groups in total. The topological polar surface area (TPSA) is 47.9 Å². The Bertz CT molecular complexity index is 661. The van der Waals surface area contributed by atoms with Crippen molar-refractivity contribution in [2.45, 2.75) is 108 Å². The van der Waals surface area contributed by atoms with Crippen molar-refractivity contribution in [2.75, 3.05) is 13.2 Å². The van der Waals surface area contributed by atoms with Crippen LogP contribution in [0.2, 0.25) is 18.1 Å². The Morgan fingerprint density at radius 1 is 1.03 bits per heavy atom. The van der Waals surface area contributed by atoms with Gasteiger partial charge in [0.2, 0.25) is 0 Å². The highest BCUT2D eigenvalue weighted by atomic mass is 28.4. The van der Waals surface area contributed by atoms with Crippen molar-refractivity contribution < 1.29 is 19.0 Å². The lowest BCUT2D eigenvalue weighted by Gasteiger charge is -2.56. The van der Waals surface area contributed by atoms with Crippen LogP contribution in [0.25, 0.3) is 0 Å². The highest BCUT2D eigenvalue weighted by Crippen LogP contribution is 2.57. The van der Waals surface area contributed by atoms with E-state index in [0.29, 0.717) is 31.0 Å². The third-order valence-electron chi connectivity index (χ3n) is 8.73. The summed E-state index contributed by atoms with van der Waals surface area (Å²) >= 11 is 0. The van der Waals surface area contributed by atoms with Gasteiger partial charge in [0.1, 0.15) is 6.10 Å². The molecule has 0 aromatic carbocycles. The second-order valence-electron chi connectivity index (χ2n) is 11.6. The first kappa shape index (κ1) is 22.8. The van der Waals surface area contributed by atoms with Crippen molar-refractivity contribution in [1.29, 1.82) is 0 Å². The summed E-state index contributed by atoms with van der Waals surface area (Å²) in [6, 6.07) is 0. The second kappa shape index (κ2) is 8.52. The quantitative estimate of drug-likeness (QED) is 0.495. The number of rotatable bonds is 3. The molecular formula is C25H42O4Si. The van der Waals surface area contributed by atoms with Crippen LogP contribution in [0.15, 0.2) is 0 Å². The number of hydrogen-bond donors (Lipinski definition) is 1. The van der Waals surface area contributed by atoms with Gasteiger partial charge in [-0.05, 0) is 55.7 Å². The molecule has 0 aromatic heterocycles. The van der Waals surface area contributed by atoms with Crippen molar-refractivity contribution in [3.05, 3.63) is 0 Å². The van der Waals surface area contributed by atoms with E-state index in [1.165, 1.54) is 32.1 Å². The van der Waals surface area contributed by atoms with Gasteiger partial charge in [0.05, 0.1) is 19.3 Å². The van der Waals surface area contributed by atoms with Crippen LogP contribution in [0.4, 0.5) is 0 Å². The summed E-state index contributed by atoms with van der Waals surface area (Å²) in [6.45, 7) is 13.0. The lowest BCUT2D eigenvalue weighted by molar-refractivity contribution is -0.296. The molecule has 5 atom stereocenters. The van der Waals surface area contributed by atoms with Crippen molar-refractivity contribution in [3.63, 3.8) is 0 Å². The van der Waals surface area contributed by atoms with Crippen molar-refractivity contribution in [3.8, 4) is 11.8 Å². The molecule has 0 radical (unpaired) electrons. The Labute approximate surface area is 184 Å². The molecule has 4 nitrogen and oxygen atoms in total. The summed E-state index contributed by atoms with van der Waals surface area (Å²) in [4.78, 5) is 0. The van der Waals surface area contributed by atoms with Crippen LogP contribution in [0.5, 0.6) is 0 Å². The SMILES string of the molecule is CC(C)(C)[Si](C)(C)O[C@@H](C#C[C@@H]1[C@H]2CC3(OCCO3)[C@H]2CC[C@H]1O)C1CCCCC1. The molecule has 3 aliphatic carbocycles. The molecular weight excluding hydrogens is 392 g/mol. The van der Waals surface area contributed by atoms with E-state index >= 15 is 0 Å². The van der Waals surface area contributed by atoms with Gasteiger partial charge in [0.25, 0.3) is 0 Å². The summed E-state index contributed by atoms with van der Waals surface area (Å²) in [5.41, 5.74) is 0. The lowest BCUT2D eigenvalue weighted by atomic mass is 9.56. The maximum Gasteiger partial charge on any atom is 0.193 e. The molecule has 0 amide bonds. The van der Waals surface area contributed by atoms with E-state index in [9.17, 15) is 5.11 Å². The number of aliphatic hydroxyl groups excluding tert-OH is 1. The minimum atomic E-state index is -1.90. The third-order valence-corrected chi connectivity index (χ3v) is 13.2. The fourth-order valence-electron chi connectivity index (χ4n) is 5.77. The van der Waals surface area contributed by atoms with Crippen LogP contribution in [0, 0.1) is 35.5 Å². The first-order valence-corrected chi connectivity index (χ1v) is 15.2. The molecule has 170 valence electrons. The summed E-state index contributed by atoms with van der Waals surface area (Å²) < 4.78 is 18.8. The standard InChI is InChI=1S/C25H42O4Si/c1-24(2,3)30(4,5)29-23(18-9-7-6-8-10-18)14-11-19-20-17-25(27-15-16-28-25)21(20)12-13-22(19)26/h18-23,26H,6-10,12-13,15-17H2,1-5H3/t19-,20-,21+,22-,23+/m1/s1. The van der Waals surface area contributed by atoms with Crippen molar-refractivity contribution >= 4 is 8.32 Å². The van der Waals surface area contributed by atoms with Gasteiger partial charge >= 0.3 is 0 Å². The normalized spacial score (nSPS) is 35.3. The molecule has 1 aliphatic heterocycles. The summed E-state index contributed by atoms with van der Waals surface area (Å²) in [5.74, 6) is 8.13. The van der Waals surface area contributed by atoms with Crippen LogP contribution in [-0.4, -0.2) is 44.6 Å². The van der Waals surface area contributed by atoms with Gasteiger partial charge in [-0.1, -0.05) is 51.9 Å². The Morgan fingerprint density at radius 3 is 2.33 bits per heavy atom. The molecule has 0 bridgehead atoms. The number of fused-ring (bicyclic) bond motifs is 2. The van der Waals surface area contributed by atoms with Gasteiger partial charge in [-0.3, -0.25) is 0 Å². The van der Waals surface area contributed by atoms with E-state index < -0.39 is 8.32 Å². The first-order valence-electron chi connectivity index (χ1n) is 12.3. The highest BCUT2D eigenvalue weighted by molar-refractivity contribution is 6.74. The molecule has 1 saturated heterocycles. The maximum absolute atomic E-state index is 10.8. The van der Waals surface area contributed by atoms with Gasteiger partial charge in [0, 0.05) is 18.3 Å². The Kier molecular flexibility index (Phi) is 6.47. The molecule has 1 heterocycles. The van der Waals surface area contributed by atoms with Crippen molar-refractivity contribution in [1.82, 2.24) is 0 Å². The van der Waals surface area contributed by atoms with E-state index in [0.717, 1.165) is 19.3 Å². The molecule has 3 saturated carbocycles. The summed E-state index contributed by atoms with van der Waals surface area (Å²) in [5, 5.41) is 11.0. The molecule has 4 rings (SSSR count). The fraction of sp³-hybridized carbons (Fsp3) is 0.920. The molecule has 1 spiro atoms. The zero-order valence-corrected chi connectivity index (χ0v) is 20.7. The summed E-state index contributed by atoms with van der Waals surface area (Å²) in [6.07, 6.45) is 8.69. The average Bonchev–Trinajstić information content (AvgIpc) is 3.17. The van der Waals surface area contributed by atoms with Gasteiger partial charge < -0.3 is 19.0 Å². The van der Waals surface area contributed by atoms with Gasteiger partial charge in [-0.2, -0.15) is 0 Å². The van der Waals surface area contributed by atoms with Gasteiger partial charge in [0.15, 0.2) is 14.1 Å². The Hall–Kier alpha value is -0.383. The van der Waals surface area contributed by atoms with E-state index in [1.807, 2.05) is 0 Å². The molecule has 0 aromatic rings. The van der Waals surface area contributed by atoms with Crippen LogP contribution < -0.4 is 0 Å². The largest absolute Gasteiger partial charge is 0.403 e. The molecule has 30 heavy (non-hydrogen) atoms. The van der Waals surface area contributed by atoms with E-state index in [2.05, 4.69) is 45.7 Å². The smallest absolute Gasteiger partial charge is 0.193 e. The highest BCUT2D eigenvalue weighted by Gasteiger charge is 2.62. The molecule has 4 aliphatic rings. The fourth-order valence-corrected chi connectivity index (χ4v) is 7.01. The minimum absolute atomic E-state index is 0.00628. The molecule has 0 unspecified atom stereocenters. The maximum atomic E-state index is 10.8. The summed E-state index contributed by atoms with van der Waals surface area (Å²) in [7, 11) is -1.90. The van der Waals surface area contributed by atoms with Crippen LogP contribution in [0.3, 0.4) is 0 Å². The zero-order valence-electron chi connectivity index (χ0n) is 19.7. The predicted octanol–water partition coefficient (Wildman–Crippen LogP) is 5.11. The monoisotopic (exact) mass is 434 g/mol. The second-order valence-corrected chi connectivity index (χ2v) is 16.4. The first-order chi connectivity index (χ1) is 14.1. The van der Waals surface area contributed by atoms with Crippen LogP contribution >= 0.6 is 0 Å². The Morgan fingerprint density at radius 2 is 1.70 bits per heavy atom. The van der Waals surface area contributed by atoms with E-state index in [1.54, 1.807) is 0 Å². The van der Waals surface area contributed by atoms with E-state index in [4.69, 9.17) is 13.9 Å². The van der Waals surface area contributed by atoms with Gasteiger partial charge in [-0.15, -0.1) is 0 Å². The van der Waals surface area contributed by atoms with Crippen LogP contribution in [-0.2, 0) is 13.9 Å². The number of ether oxygens (including phenoxy) is 2.